The summed E-state index contributed by atoms with van der Waals surface area (Å²) in [6.07, 6.45) is 4.30. The van der Waals surface area contributed by atoms with Gasteiger partial charge in [-0.2, -0.15) is 0 Å². The standard InChI is InChI=1S/C14H17N3O2S.2ClH/c1-9-4-5-15-7-10(9)17-13(18)12-8-16-14(20-12)11-3-2-6-19-11;;/h2-3,6,8-10,15H,4-5,7H2,1H3,(H,17,18);2*1H. The molecule has 1 amide bonds. The summed E-state index contributed by atoms with van der Waals surface area (Å²) >= 11 is 1.35. The van der Waals surface area contributed by atoms with Crippen LogP contribution in [0.5, 0.6) is 0 Å². The predicted octanol–water partition coefficient (Wildman–Crippen LogP) is 2.97. The molecule has 2 unspecified atom stereocenters. The monoisotopic (exact) mass is 363 g/mol. The Labute approximate surface area is 145 Å². The third-order valence-electron chi connectivity index (χ3n) is 3.61. The zero-order valence-corrected chi connectivity index (χ0v) is 14.5. The van der Waals surface area contributed by atoms with Crippen LogP contribution in [0.2, 0.25) is 0 Å². The molecule has 8 heteroatoms. The minimum Gasteiger partial charge on any atom is -0.462 e. The average Bonchev–Trinajstić information content (AvgIpc) is 3.11. The maximum absolute atomic E-state index is 12.2. The van der Waals surface area contributed by atoms with E-state index in [1.54, 1.807) is 12.5 Å². The third-order valence-corrected chi connectivity index (χ3v) is 4.62. The van der Waals surface area contributed by atoms with Crippen LogP contribution >= 0.6 is 36.2 Å². The molecule has 0 aliphatic carbocycles. The van der Waals surface area contributed by atoms with E-state index in [0.29, 0.717) is 16.6 Å². The minimum atomic E-state index is -0.0548. The molecule has 122 valence electrons. The number of rotatable bonds is 3. The van der Waals surface area contributed by atoms with Crippen molar-refractivity contribution in [3.63, 3.8) is 0 Å². The molecule has 0 spiro atoms. The van der Waals surface area contributed by atoms with E-state index < -0.39 is 0 Å². The van der Waals surface area contributed by atoms with E-state index in [-0.39, 0.29) is 36.8 Å². The fourth-order valence-electron chi connectivity index (χ4n) is 2.32. The highest BCUT2D eigenvalue weighted by molar-refractivity contribution is 7.16. The lowest BCUT2D eigenvalue weighted by atomic mass is 9.95. The molecule has 1 aliphatic heterocycles. The molecule has 0 aromatic carbocycles. The van der Waals surface area contributed by atoms with Gasteiger partial charge in [0.1, 0.15) is 4.88 Å². The summed E-state index contributed by atoms with van der Waals surface area (Å²) in [5.41, 5.74) is 0. The average molecular weight is 364 g/mol. The minimum absolute atomic E-state index is 0. The van der Waals surface area contributed by atoms with Crippen LogP contribution < -0.4 is 10.6 Å². The molecule has 0 bridgehead atoms. The number of furan rings is 1. The zero-order chi connectivity index (χ0) is 13.9. The van der Waals surface area contributed by atoms with Crippen LogP contribution in [0, 0.1) is 5.92 Å². The van der Waals surface area contributed by atoms with Gasteiger partial charge in [0.15, 0.2) is 10.8 Å². The predicted molar refractivity (Wildman–Crippen MR) is 92.2 cm³/mol. The Bertz CT molecular complexity index is 589. The van der Waals surface area contributed by atoms with Crippen molar-refractivity contribution in [1.82, 2.24) is 15.6 Å². The number of carbonyl (C=O) groups is 1. The van der Waals surface area contributed by atoms with E-state index in [1.165, 1.54) is 11.3 Å². The second-order valence-electron chi connectivity index (χ2n) is 5.06. The normalized spacial score (nSPS) is 20.6. The lowest BCUT2D eigenvalue weighted by Crippen LogP contribution is -2.50. The number of nitrogens with zero attached hydrogens (tertiary/aromatic N) is 1. The highest BCUT2D eigenvalue weighted by Crippen LogP contribution is 2.25. The van der Waals surface area contributed by atoms with Gasteiger partial charge in [0, 0.05) is 12.6 Å². The third kappa shape index (κ3) is 4.23. The molecular weight excluding hydrogens is 345 g/mol. The van der Waals surface area contributed by atoms with E-state index in [0.717, 1.165) is 24.5 Å². The number of aromatic nitrogens is 1. The quantitative estimate of drug-likeness (QED) is 0.879. The number of hydrogen-bond acceptors (Lipinski definition) is 5. The van der Waals surface area contributed by atoms with Crippen LogP contribution in [0.3, 0.4) is 0 Å². The Kier molecular flexibility index (Phi) is 7.35. The SMILES string of the molecule is CC1CCNCC1NC(=O)c1cnc(-c2ccco2)s1.Cl.Cl. The Balaban J connectivity index is 0.00000121. The number of halogens is 2. The Hall–Kier alpha value is -1.08. The summed E-state index contributed by atoms with van der Waals surface area (Å²) in [7, 11) is 0. The first-order valence-electron chi connectivity index (χ1n) is 6.75. The molecule has 0 saturated carbocycles. The summed E-state index contributed by atoms with van der Waals surface area (Å²) in [5, 5.41) is 7.12. The molecule has 3 rings (SSSR count). The summed E-state index contributed by atoms with van der Waals surface area (Å²) in [6, 6.07) is 3.84. The van der Waals surface area contributed by atoms with Crippen molar-refractivity contribution in [2.75, 3.05) is 13.1 Å². The number of amides is 1. The molecule has 2 aromatic heterocycles. The lowest BCUT2D eigenvalue weighted by Gasteiger charge is -2.29. The molecule has 0 radical (unpaired) electrons. The summed E-state index contributed by atoms with van der Waals surface area (Å²) < 4.78 is 5.29. The number of nitrogens with one attached hydrogen (secondary N) is 2. The van der Waals surface area contributed by atoms with Gasteiger partial charge in [0.2, 0.25) is 0 Å². The van der Waals surface area contributed by atoms with Gasteiger partial charge in [-0.15, -0.1) is 36.2 Å². The van der Waals surface area contributed by atoms with Crippen LogP contribution in [0.15, 0.2) is 29.0 Å². The Morgan fingerprint density at radius 3 is 3.00 bits per heavy atom. The highest BCUT2D eigenvalue weighted by Gasteiger charge is 2.24. The molecule has 5 nitrogen and oxygen atoms in total. The maximum atomic E-state index is 12.2. The van der Waals surface area contributed by atoms with Crippen molar-refractivity contribution in [2.24, 2.45) is 5.92 Å². The highest BCUT2D eigenvalue weighted by atomic mass is 35.5. The fourth-order valence-corrected chi connectivity index (χ4v) is 3.10. The van der Waals surface area contributed by atoms with Crippen LogP contribution in [0.4, 0.5) is 0 Å². The number of carbonyl (C=O) groups excluding carboxylic acids is 1. The smallest absolute Gasteiger partial charge is 0.263 e. The first-order chi connectivity index (χ1) is 9.74. The molecule has 2 aromatic rings. The number of hydrogen-bond donors (Lipinski definition) is 2. The van der Waals surface area contributed by atoms with Crippen molar-refractivity contribution in [3.8, 4) is 10.8 Å². The molecule has 2 N–H and O–H groups in total. The van der Waals surface area contributed by atoms with Gasteiger partial charge in [-0.1, -0.05) is 6.92 Å². The van der Waals surface area contributed by atoms with Gasteiger partial charge in [-0.3, -0.25) is 4.79 Å². The van der Waals surface area contributed by atoms with Crippen LogP contribution in [0.25, 0.3) is 10.8 Å². The topological polar surface area (TPSA) is 67.2 Å². The van der Waals surface area contributed by atoms with E-state index in [2.05, 4.69) is 22.5 Å². The van der Waals surface area contributed by atoms with Gasteiger partial charge >= 0.3 is 0 Å². The molecule has 1 saturated heterocycles. The van der Waals surface area contributed by atoms with Crippen molar-refractivity contribution >= 4 is 42.1 Å². The fraction of sp³-hybridized carbons (Fsp3) is 0.429. The van der Waals surface area contributed by atoms with Crippen LogP contribution in [0.1, 0.15) is 23.0 Å². The van der Waals surface area contributed by atoms with Crippen molar-refractivity contribution in [2.45, 2.75) is 19.4 Å². The van der Waals surface area contributed by atoms with E-state index >= 15 is 0 Å². The molecule has 1 aliphatic rings. The van der Waals surface area contributed by atoms with E-state index in [1.807, 2.05) is 12.1 Å². The van der Waals surface area contributed by atoms with E-state index in [9.17, 15) is 4.79 Å². The van der Waals surface area contributed by atoms with Crippen molar-refractivity contribution < 1.29 is 9.21 Å². The van der Waals surface area contributed by atoms with Gasteiger partial charge in [0.05, 0.1) is 12.5 Å². The Morgan fingerprint density at radius 2 is 2.32 bits per heavy atom. The molecular formula is C14H19Cl2N3O2S. The number of piperidine rings is 1. The van der Waals surface area contributed by atoms with Crippen molar-refractivity contribution in [1.29, 1.82) is 0 Å². The van der Waals surface area contributed by atoms with Crippen LogP contribution in [-0.4, -0.2) is 30.0 Å². The first kappa shape index (κ1) is 19.0. The summed E-state index contributed by atoms with van der Waals surface area (Å²) in [4.78, 5) is 17.1. The number of thiazole rings is 1. The maximum Gasteiger partial charge on any atom is 0.263 e. The second kappa shape index (κ2) is 8.53. The lowest BCUT2D eigenvalue weighted by molar-refractivity contribution is 0.0919. The van der Waals surface area contributed by atoms with Gasteiger partial charge < -0.3 is 15.1 Å². The second-order valence-corrected chi connectivity index (χ2v) is 6.09. The Morgan fingerprint density at radius 1 is 1.50 bits per heavy atom. The zero-order valence-electron chi connectivity index (χ0n) is 12.1. The molecule has 22 heavy (non-hydrogen) atoms. The van der Waals surface area contributed by atoms with E-state index in [4.69, 9.17) is 4.42 Å². The van der Waals surface area contributed by atoms with Gasteiger partial charge in [-0.05, 0) is 31.0 Å². The van der Waals surface area contributed by atoms with Crippen molar-refractivity contribution in [3.05, 3.63) is 29.5 Å². The van der Waals surface area contributed by atoms with Gasteiger partial charge in [0.25, 0.3) is 5.91 Å². The first-order valence-corrected chi connectivity index (χ1v) is 7.57. The van der Waals surface area contributed by atoms with Crippen LogP contribution in [-0.2, 0) is 0 Å². The van der Waals surface area contributed by atoms with Gasteiger partial charge in [-0.25, -0.2) is 4.98 Å². The summed E-state index contributed by atoms with van der Waals surface area (Å²) in [5.74, 6) is 1.14. The largest absolute Gasteiger partial charge is 0.462 e. The summed E-state index contributed by atoms with van der Waals surface area (Å²) in [6.45, 7) is 4.03. The molecule has 3 heterocycles. The molecule has 2 atom stereocenters. The molecule has 1 fully saturated rings.